The predicted molar refractivity (Wildman–Crippen MR) is 86.6 cm³/mol. The Morgan fingerprint density at radius 1 is 1.15 bits per heavy atom. The lowest BCUT2D eigenvalue weighted by atomic mass is 10.0. The third-order valence-electron chi connectivity index (χ3n) is 3.36. The quantitative estimate of drug-likeness (QED) is 0.833. The van der Waals surface area contributed by atoms with Gasteiger partial charge in [0.15, 0.2) is 0 Å². The van der Waals surface area contributed by atoms with Crippen molar-refractivity contribution in [3.63, 3.8) is 0 Å². The summed E-state index contributed by atoms with van der Waals surface area (Å²) in [7, 11) is 1.74. The number of benzene rings is 1. The number of thiophene rings is 1. The van der Waals surface area contributed by atoms with Gasteiger partial charge in [-0.2, -0.15) is 0 Å². The van der Waals surface area contributed by atoms with Gasteiger partial charge in [0.05, 0.1) is 12.6 Å². The third kappa shape index (κ3) is 3.92. The maximum absolute atomic E-state index is 5.12. The van der Waals surface area contributed by atoms with Gasteiger partial charge in [-0.25, -0.2) is 0 Å². The Balaban J connectivity index is 2.17. The highest BCUT2D eigenvalue weighted by Gasteiger charge is 2.14. The number of ether oxygens (including phenoxy) is 1. The van der Waals surface area contributed by atoms with Gasteiger partial charge in [-0.3, -0.25) is 0 Å². The zero-order valence-electron chi connectivity index (χ0n) is 12.5. The Hall–Kier alpha value is -1.16. The monoisotopic (exact) mass is 289 g/mol. The molecule has 0 fully saturated rings. The molecule has 20 heavy (non-hydrogen) atoms. The molecule has 1 unspecified atom stereocenters. The second kappa shape index (κ2) is 7.58. The van der Waals surface area contributed by atoms with E-state index in [0.29, 0.717) is 6.04 Å². The molecule has 2 rings (SSSR count). The van der Waals surface area contributed by atoms with Gasteiger partial charge in [-0.15, -0.1) is 11.3 Å². The average molecular weight is 289 g/mol. The summed E-state index contributed by atoms with van der Waals surface area (Å²) in [6, 6.07) is 13.6. The molecule has 0 spiro atoms. The lowest BCUT2D eigenvalue weighted by Gasteiger charge is -2.17. The molecular formula is C17H23NOS. The van der Waals surface area contributed by atoms with Crippen molar-refractivity contribution in [2.45, 2.75) is 26.3 Å². The number of rotatable bonds is 7. The summed E-state index contributed by atoms with van der Waals surface area (Å²) in [5, 5.41) is 3.58. The van der Waals surface area contributed by atoms with Gasteiger partial charge in [0, 0.05) is 16.9 Å². The van der Waals surface area contributed by atoms with Gasteiger partial charge in [-0.1, -0.05) is 31.2 Å². The standard InChI is InChI=1S/C17H23NOS/c1-4-18-17(16-10-5-13(2)20-16)15-8-6-14(7-9-15)11-12-19-3/h5-10,17-18H,4,11-12H2,1-3H3. The fourth-order valence-electron chi connectivity index (χ4n) is 2.29. The van der Waals surface area contributed by atoms with Crippen molar-refractivity contribution >= 4 is 11.3 Å². The first-order valence-corrected chi connectivity index (χ1v) is 7.93. The Kier molecular flexibility index (Phi) is 5.77. The number of hydrogen-bond donors (Lipinski definition) is 1. The minimum Gasteiger partial charge on any atom is -0.384 e. The summed E-state index contributed by atoms with van der Waals surface area (Å²) < 4.78 is 5.12. The second-order valence-corrected chi connectivity index (χ2v) is 6.24. The third-order valence-corrected chi connectivity index (χ3v) is 4.43. The number of methoxy groups -OCH3 is 1. The molecule has 1 heterocycles. The molecule has 0 saturated carbocycles. The van der Waals surface area contributed by atoms with Gasteiger partial charge in [0.1, 0.15) is 0 Å². The van der Waals surface area contributed by atoms with Crippen molar-refractivity contribution in [3.8, 4) is 0 Å². The minimum atomic E-state index is 0.301. The smallest absolute Gasteiger partial charge is 0.0671 e. The first-order chi connectivity index (χ1) is 9.74. The van der Waals surface area contributed by atoms with Crippen molar-refractivity contribution in [3.05, 3.63) is 57.3 Å². The normalized spacial score (nSPS) is 12.6. The molecule has 0 saturated heterocycles. The molecule has 1 aromatic carbocycles. The number of hydrogen-bond acceptors (Lipinski definition) is 3. The van der Waals surface area contributed by atoms with E-state index in [4.69, 9.17) is 4.74 Å². The Labute approximate surface area is 125 Å². The van der Waals surface area contributed by atoms with E-state index in [1.54, 1.807) is 7.11 Å². The van der Waals surface area contributed by atoms with Crippen LogP contribution in [0.4, 0.5) is 0 Å². The highest BCUT2D eigenvalue weighted by Crippen LogP contribution is 2.28. The minimum absolute atomic E-state index is 0.301. The molecule has 0 amide bonds. The molecule has 108 valence electrons. The van der Waals surface area contributed by atoms with Crippen LogP contribution in [-0.2, 0) is 11.2 Å². The molecule has 3 heteroatoms. The van der Waals surface area contributed by atoms with Gasteiger partial charge in [0.2, 0.25) is 0 Å². The fourth-order valence-corrected chi connectivity index (χ4v) is 3.27. The summed E-state index contributed by atoms with van der Waals surface area (Å²) in [5.41, 5.74) is 2.66. The van der Waals surface area contributed by atoms with Crippen molar-refractivity contribution in [2.24, 2.45) is 0 Å². The molecule has 0 bridgehead atoms. The average Bonchev–Trinajstić information content (AvgIpc) is 2.89. The van der Waals surface area contributed by atoms with E-state index in [1.165, 1.54) is 20.9 Å². The fraction of sp³-hybridized carbons (Fsp3) is 0.412. The SMILES string of the molecule is CCNC(c1ccc(CCOC)cc1)c1ccc(C)s1. The van der Waals surface area contributed by atoms with Crippen LogP contribution in [0.25, 0.3) is 0 Å². The zero-order chi connectivity index (χ0) is 14.4. The van der Waals surface area contributed by atoms with Crippen LogP contribution < -0.4 is 5.32 Å². The lowest BCUT2D eigenvalue weighted by Crippen LogP contribution is -2.21. The maximum atomic E-state index is 5.12. The van der Waals surface area contributed by atoms with E-state index in [9.17, 15) is 0 Å². The molecule has 0 aliphatic rings. The first-order valence-electron chi connectivity index (χ1n) is 7.12. The van der Waals surface area contributed by atoms with Crippen LogP contribution in [0.2, 0.25) is 0 Å². The number of aryl methyl sites for hydroxylation is 1. The molecule has 1 aromatic heterocycles. The van der Waals surface area contributed by atoms with Crippen LogP contribution in [0.5, 0.6) is 0 Å². The van der Waals surface area contributed by atoms with Crippen LogP contribution in [0.15, 0.2) is 36.4 Å². The van der Waals surface area contributed by atoms with Crippen molar-refractivity contribution < 1.29 is 4.74 Å². The van der Waals surface area contributed by atoms with Gasteiger partial charge >= 0.3 is 0 Å². The van der Waals surface area contributed by atoms with Gasteiger partial charge in [0.25, 0.3) is 0 Å². The van der Waals surface area contributed by atoms with E-state index in [1.807, 2.05) is 11.3 Å². The molecule has 0 aliphatic heterocycles. The topological polar surface area (TPSA) is 21.3 Å². The second-order valence-electron chi connectivity index (χ2n) is 4.92. The zero-order valence-corrected chi connectivity index (χ0v) is 13.3. The summed E-state index contributed by atoms with van der Waals surface area (Å²) in [6.07, 6.45) is 0.973. The van der Waals surface area contributed by atoms with Gasteiger partial charge in [-0.05, 0) is 43.1 Å². The summed E-state index contributed by atoms with van der Waals surface area (Å²) in [5.74, 6) is 0. The highest BCUT2D eigenvalue weighted by atomic mass is 32.1. The van der Waals surface area contributed by atoms with Crippen molar-refractivity contribution in [1.29, 1.82) is 0 Å². The summed E-state index contributed by atoms with van der Waals surface area (Å²) >= 11 is 1.87. The van der Waals surface area contributed by atoms with Crippen LogP contribution in [-0.4, -0.2) is 20.3 Å². The highest BCUT2D eigenvalue weighted by molar-refractivity contribution is 7.12. The van der Waals surface area contributed by atoms with Crippen LogP contribution in [0.3, 0.4) is 0 Å². The molecule has 0 radical (unpaired) electrons. The lowest BCUT2D eigenvalue weighted by molar-refractivity contribution is 0.202. The molecule has 1 atom stereocenters. The molecule has 1 N–H and O–H groups in total. The van der Waals surface area contributed by atoms with Crippen LogP contribution in [0, 0.1) is 6.92 Å². The maximum Gasteiger partial charge on any atom is 0.0671 e. The van der Waals surface area contributed by atoms with Crippen LogP contribution >= 0.6 is 11.3 Å². The molecular weight excluding hydrogens is 266 g/mol. The number of nitrogens with one attached hydrogen (secondary N) is 1. The summed E-state index contributed by atoms with van der Waals surface area (Å²) in [6.45, 7) is 6.05. The molecule has 0 aliphatic carbocycles. The van der Waals surface area contributed by atoms with Gasteiger partial charge < -0.3 is 10.1 Å². The Morgan fingerprint density at radius 3 is 2.45 bits per heavy atom. The van der Waals surface area contributed by atoms with Crippen LogP contribution in [0.1, 0.15) is 33.8 Å². The van der Waals surface area contributed by atoms with Crippen molar-refractivity contribution in [1.82, 2.24) is 5.32 Å². The largest absolute Gasteiger partial charge is 0.384 e. The van der Waals surface area contributed by atoms with E-state index in [0.717, 1.165) is 19.6 Å². The Morgan fingerprint density at radius 2 is 1.90 bits per heavy atom. The Bertz CT molecular complexity index is 518. The first kappa shape index (κ1) is 15.2. The predicted octanol–water partition coefficient (Wildman–Crippen LogP) is 3.94. The molecule has 2 nitrogen and oxygen atoms in total. The van der Waals surface area contributed by atoms with E-state index < -0.39 is 0 Å². The van der Waals surface area contributed by atoms with Crippen molar-refractivity contribution in [2.75, 3.05) is 20.3 Å². The summed E-state index contributed by atoms with van der Waals surface area (Å²) in [4.78, 5) is 2.74. The molecule has 2 aromatic rings. The van der Waals surface area contributed by atoms with E-state index in [-0.39, 0.29) is 0 Å². The van der Waals surface area contributed by atoms with E-state index >= 15 is 0 Å². The van der Waals surface area contributed by atoms with E-state index in [2.05, 4.69) is 55.6 Å².